The summed E-state index contributed by atoms with van der Waals surface area (Å²) in [7, 11) is 0. The summed E-state index contributed by atoms with van der Waals surface area (Å²) in [6, 6.07) is 4.07. The molecule has 66 valence electrons. The van der Waals surface area contributed by atoms with Gasteiger partial charge in [0.05, 0.1) is 0 Å². The number of thioether (sulfide) groups is 1. The van der Waals surface area contributed by atoms with Gasteiger partial charge in [0.1, 0.15) is 0 Å². The summed E-state index contributed by atoms with van der Waals surface area (Å²) < 4.78 is 0. The molecule has 12 heavy (non-hydrogen) atoms. The van der Waals surface area contributed by atoms with Crippen molar-refractivity contribution < 1.29 is 0 Å². The summed E-state index contributed by atoms with van der Waals surface area (Å²) in [5.41, 5.74) is 0. The fraction of sp³-hybridized carbons (Fsp3) is 0.444. The molecular formula is C9H12ClNS. The van der Waals surface area contributed by atoms with Gasteiger partial charge in [-0.1, -0.05) is 0 Å². The van der Waals surface area contributed by atoms with Crippen LogP contribution in [0.5, 0.6) is 0 Å². The van der Waals surface area contributed by atoms with Gasteiger partial charge >= 0.3 is 0 Å². The molecule has 0 spiro atoms. The van der Waals surface area contributed by atoms with Gasteiger partial charge in [-0.2, -0.15) is 0 Å². The Morgan fingerprint density at radius 2 is 2.00 bits per heavy atom. The molecule has 0 radical (unpaired) electrons. The molecule has 0 aliphatic rings. The molecule has 1 aromatic heterocycles. The van der Waals surface area contributed by atoms with Crippen LogP contribution in [0.25, 0.3) is 0 Å². The van der Waals surface area contributed by atoms with Crippen LogP contribution in [0.3, 0.4) is 0 Å². The minimum absolute atomic E-state index is 0.775. The second kappa shape index (κ2) is 6.32. The van der Waals surface area contributed by atoms with Crippen molar-refractivity contribution in [1.29, 1.82) is 0 Å². The number of hydrogen-bond acceptors (Lipinski definition) is 2. The van der Waals surface area contributed by atoms with Crippen molar-refractivity contribution in [3.63, 3.8) is 0 Å². The number of unbranched alkanes of at least 4 members (excludes halogenated alkanes) is 1. The van der Waals surface area contributed by atoms with Crippen molar-refractivity contribution in [1.82, 2.24) is 4.98 Å². The van der Waals surface area contributed by atoms with Crippen molar-refractivity contribution in [2.45, 2.75) is 17.7 Å². The van der Waals surface area contributed by atoms with Crippen molar-refractivity contribution in [3.8, 4) is 0 Å². The van der Waals surface area contributed by atoms with Crippen LogP contribution in [0.1, 0.15) is 12.8 Å². The van der Waals surface area contributed by atoms with E-state index in [9.17, 15) is 0 Å². The van der Waals surface area contributed by atoms with Gasteiger partial charge in [0.2, 0.25) is 0 Å². The van der Waals surface area contributed by atoms with Crippen LogP contribution in [-0.4, -0.2) is 16.6 Å². The highest BCUT2D eigenvalue weighted by molar-refractivity contribution is 7.99. The molecule has 1 aromatic rings. The molecule has 0 aromatic carbocycles. The van der Waals surface area contributed by atoms with Gasteiger partial charge < -0.3 is 0 Å². The Balaban J connectivity index is 2.16. The lowest BCUT2D eigenvalue weighted by atomic mass is 10.4. The maximum absolute atomic E-state index is 5.56. The van der Waals surface area contributed by atoms with Gasteiger partial charge in [-0.05, 0) is 30.7 Å². The fourth-order valence-corrected chi connectivity index (χ4v) is 1.91. The third-order valence-electron chi connectivity index (χ3n) is 1.45. The van der Waals surface area contributed by atoms with E-state index >= 15 is 0 Å². The molecule has 0 bridgehead atoms. The number of aromatic nitrogens is 1. The molecule has 1 heterocycles. The molecule has 0 atom stereocenters. The van der Waals surface area contributed by atoms with Gasteiger partial charge in [-0.25, -0.2) is 0 Å². The predicted octanol–water partition coefficient (Wildman–Crippen LogP) is 3.19. The summed E-state index contributed by atoms with van der Waals surface area (Å²) in [4.78, 5) is 5.25. The molecule has 3 heteroatoms. The van der Waals surface area contributed by atoms with E-state index in [1.807, 2.05) is 36.3 Å². The third kappa shape index (κ3) is 3.98. The Labute approximate surface area is 82.5 Å². The van der Waals surface area contributed by atoms with Crippen LogP contribution >= 0.6 is 23.4 Å². The van der Waals surface area contributed by atoms with Crippen LogP contribution in [0, 0.1) is 0 Å². The maximum atomic E-state index is 5.56. The number of hydrogen-bond donors (Lipinski definition) is 0. The first-order chi connectivity index (χ1) is 5.93. The summed E-state index contributed by atoms with van der Waals surface area (Å²) in [5, 5.41) is 0. The molecule has 0 saturated heterocycles. The number of pyridine rings is 1. The second-order valence-electron chi connectivity index (χ2n) is 2.43. The van der Waals surface area contributed by atoms with E-state index in [1.165, 1.54) is 11.3 Å². The van der Waals surface area contributed by atoms with Crippen molar-refractivity contribution in [2.75, 3.05) is 11.6 Å². The smallest absolute Gasteiger partial charge is 0.0278 e. The lowest BCUT2D eigenvalue weighted by Gasteiger charge is -1.98. The normalized spacial score (nSPS) is 10.1. The lowest BCUT2D eigenvalue weighted by Crippen LogP contribution is -1.81. The van der Waals surface area contributed by atoms with Crippen LogP contribution in [0.4, 0.5) is 0 Å². The molecule has 1 nitrogen and oxygen atoms in total. The standard InChI is InChI=1S/C9H12ClNS/c10-5-1-2-8-12-9-3-6-11-7-4-9/h3-4,6-7H,1-2,5,8H2. The van der Waals surface area contributed by atoms with Crippen LogP contribution in [0.15, 0.2) is 29.4 Å². The van der Waals surface area contributed by atoms with E-state index in [1.54, 1.807) is 0 Å². The van der Waals surface area contributed by atoms with E-state index in [0.717, 1.165) is 18.1 Å². The summed E-state index contributed by atoms with van der Waals surface area (Å²) >= 11 is 7.43. The van der Waals surface area contributed by atoms with Crippen LogP contribution in [-0.2, 0) is 0 Å². The zero-order valence-electron chi connectivity index (χ0n) is 6.87. The van der Waals surface area contributed by atoms with Gasteiger partial charge in [-0.15, -0.1) is 23.4 Å². The molecule has 0 aliphatic carbocycles. The van der Waals surface area contributed by atoms with Gasteiger partial charge in [-0.3, -0.25) is 4.98 Å². The number of rotatable bonds is 5. The fourth-order valence-electron chi connectivity index (χ4n) is 0.821. The molecule has 0 amide bonds. The van der Waals surface area contributed by atoms with Crippen molar-refractivity contribution >= 4 is 23.4 Å². The van der Waals surface area contributed by atoms with Crippen LogP contribution < -0.4 is 0 Å². The molecule has 1 rings (SSSR count). The van der Waals surface area contributed by atoms with E-state index in [-0.39, 0.29) is 0 Å². The molecule has 0 aliphatic heterocycles. The molecule has 0 unspecified atom stereocenters. The maximum Gasteiger partial charge on any atom is 0.0278 e. The van der Waals surface area contributed by atoms with E-state index in [2.05, 4.69) is 4.98 Å². The molecule has 0 N–H and O–H groups in total. The first kappa shape index (κ1) is 9.87. The summed E-state index contributed by atoms with van der Waals surface area (Å²) in [5.74, 6) is 1.92. The highest BCUT2D eigenvalue weighted by Crippen LogP contribution is 2.17. The Bertz CT molecular complexity index is 203. The lowest BCUT2D eigenvalue weighted by molar-refractivity contribution is 0.903. The number of nitrogens with zero attached hydrogens (tertiary/aromatic N) is 1. The number of alkyl halides is 1. The Morgan fingerprint density at radius 1 is 1.25 bits per heavy atom. The van der Waals surface area contributed by atoms with Crippen LogP contribution in [0.2, 0.25) is 0 Å². The predicted molar refractivity (Wildman–Crippen MR) is 54.9 cm³/mol. The highest BCUT2D eigenvalue weighted by Gasteiger charge is 1.91. The number of halogens is 1. The molecular weight excluding hydrogens is 190 g/mol. The average molecular weight is 202 g/mol. The zero-order valence-corrected chi connectivity index (χ0v) is 8.44. The summed E-state index contributed by atoms with van der Waals surface area (Å²) in [6.45, 7) is 0. The van der Waals surface area contributed by atoms with E-state index in [4.69, 9.17) is 11.6 Å². The Hall–Kier alpha value is -0.210. The Morgan fingerprint density at radius 3 is 2.67 bits per heavy atom. The summed E-state index contributed by atoms with van der Waals surface area (Å²) in [6.07, 6.45) is 5.95. The highest BCUT2D eigenvalue weighted by atomic mass is 35.5. The quantitative estimate of drug-likeness (QED) is 0.412. The van der Waals surface area contributed by atoms with Crippen molar-refractivity contribution in [2.24, 2.45) is 0 Å². The first-order valence-corrected chi connectivity index (χ1v) is 5.54. The minimum Gasteiger partial charge on any atom is -0.265 e. The topological polar surface area (TPSA) is 12.9 Å². The first-order valence-electron chi connectivity index (χ1n) is 4.02. The average Bonchev–Trinajstić information content (AvgIpc) is 2.14. The monoisotopic (exact) mass is 201 g/mol. The third-order valence-corrected chi connectivity index (χ3v) is 2.81. The Kier molecular flexibility index (Phi) is 5.20. The SMILES string of the molecule is ClCCCCSc1ccncc1. The van der Waals surface area contributed by atoms with Gasteiger partial charge in [0.25, 0.3) is 0 Å². The largest absolute Gasteiger partial charge is 0.265 e. The molecule has 0 fully saturated rings. The molecule has 0 saturated carbocycles. The van der Waals surface area contributed by atoms with Gasteiger partial charge in [0, 0.05) is 23.2 Å². The minimum atomic E-state index is 0.775. The van der Waals surface area contributed by atoms with Gasteiger partial charge in [0.15, 0.2) is 0 Å². The van der Waals surface area contributed by atoms with E-state index in [0.29, 0.717) is 0 Å². The second-order valence-corrected chi connectivity index (χ2v) is 3.97. The zero-order chi connectivity index (χ0) is 8.65. The van der Waals surface area contributed by atoms with Crippen molar-refractivity contribution in [3.05, 3.63) is 24.5 Å². The van der Waals surface area contributed by atoms with E-state index < -0.39 is 0 Å².